The molecule has 1 aliphatic rings. The van der Waals surface area contributed by atoms with E-state index in [1.807, 2.05) is 29.7 Å². The van der Waals surface area contributed by atoms with Gasteiger partial charge in [-0.2, -0.15) is 5.26 Å². The molecule has 4 rings (SSSR count). The second-order valence-electron chi connectivity index (χ2n) is 6.18. The molecule has 0 aliphatic carbocycles. The summed E-state index contributed by atoms with van der Waals surface area (Å²) in [6, 6.07) is 13.0. The van der Waals surface area contributed by atoms with Crippen molar-refractivity contribution in [2.24, 2.45) is 0 Å². The zero-order valence-corrected chi connectivity index (χ0v) is 13.7. The first-order valence-corrected chi connectivity index (χ1v) is 8.04. The number of pyridine rings is 1. The van der Waals surface area contributed by atoms with Crippen molar-refractivity contribution in [3.8, 4) is 11.8 Å². The molecule has 1 saturated heterocycles. The first kappa shape index (κ1) is 15.2. The van der Waals surface area contributed by atoms with Crippen molar-refractivity contribution in [3.05, 3.63) is 65.6 Å². The zero-order valence-electron chi connectivity index (χ0n) is 13.7. The van der Waals surface area contributed by atoms with Crippen LogP contribution >= 0.6 is 0 Å². The van der Waals surface area contributed by atoms with E-state index in [0.717, 1.165) is 11.2 Å². The van der Waals surface area contributed by atoms with Crippen LogP contribution in [0.3, 0.4) is 0 Å². The van der Waals surface area contributed by atoms with Crippen LogP contribution in [0.4, 0.5) is 0 Å². The predicted octanol–water partition coefficient (Wildman–Crippen LogP) is 2.42. The lowest BCUT2D eigenvalue weighted by molar-refractivity contribution is 0.0174. The molecule has 0 N–H and O–H groups in total. The molecule has 1 fully saturated rings. The number of hydrogen-bond donors (Lipinski definition) is 0. The Morgan fingerprint density at radius 3 is 2.76 bits per heavy atom. The van der Waals surface area contributed by atoms with Gasteiger partial charge >= 0.3 is 0 Å². The molecule has 1 amide bonds. The van der Waals surface area contributed by atoms with Crippen molar-refractivity contribution in [2.75, 3.05) is 13.1 Å². The minimum Gasteiger partial charge on any atom is -0.487 e. The standard InChI is InChI=1S/C19H16N4O2/c1-13-6-7-22-12-17(21-18(22)8-13)19(24)23-10-16(11-23)25-15-4-2-14(9-20)3-5-15/h2-8,12,16H,10-11H2,1H3. The Bertz CT molecular complexity index is 979. The fraction of sp³-hybridized carbons (Fsp3) is 0.211. The van der Waals surface area contributed by atoms with Crippen LogP contribution in [0.25, 0.3) is 5.65 Å². The van der Waals surface area contributed by atoms with Crippen LogP contribution in [0, 0.1) is 18.3 Å². The fourth-order valence-electron chi connectivity index (χ4n) is 2.83. The predicted molar refractivity (Wildman–Crippen MR) is 91.4 cm³/mol. The molecule has 6 nitrogen and oxygen atoms in total. The highest BCUT2D eigenvalue weighted by atomic mass is 16.5. The number of likely N-dealkylation sites (tertiary alicyclic amines) is 1. The highest BCUT2D eigenvalue weighted by molar-refractivity contribution is 5.93. The van der Waals surface area contributed by atoms with Gasteiger partial charge in [-0.25, -0.2) is 4.98 Å². The molecule has 0 bridgehead atoms. The number of carbonyl (C=O) groups excluding carboxylic acids is 1. The molecule has 0 saturated carbocycles. The van der Waals surface area contributed by atoms with Crippen LogP contribution in [0.2, 0.25) is 0 Å². The van der Waals surface area contributed by atoms with Gasteiger partial charge in [0.1, 0.15) is 23.2 Å². The van der Waals surface area contributed by atoms with Gasteiger partial charge in [0, 0.05) is 12.4 Å². The molecule has 2 aromatic heterocycles. The van der Waals surface area contributed by atoms with Gasteiger partial charge in [-0.05, 0) is 48.9 Å². The Hall–Kier alpha value is -3.33. The van der Waals surface area contributed by atoms with Crippen LogP contribution in [0.1, 0.15) is 21.6 Å². The third-order valence-electron chi connectivity index (χ3n) is 4.26. The number of aromatic nitrogens is 2. The first-order chi connectivity index (χ1) is 12.1. The van der Waals surface area contributed by atoms with Crippen molar-refractivity contribution < 1.29 is 9.53 Å². The number of amides is 1. The summed E-state index contributed by atoms with van der Waals surface area (Å²) in [6.45, 7) is 3.06. The number of benzene rings is 1. The van der Waals surface area contributed by atoms with E-state index in [-0.39, 0.29) is 12.0 Å². The molecule has 6 heteroatoms. The lowest BCUT2D eigenvalue weighted by Gasteiger charge is -2.38. The van der Waals surface area contributed by atoms with Gasteiger partial charge in [0.15, 0.2) is 0 Å². The number of nitriles is 1. The number of fused-ring (bicyclic) bond motifs is 1. The van der Waals surface area contributed by atoms with E-state index in [0.29, 0.717) is 30.1 Å². The monoisotopic (exact) mass is 332 g/mol. The maximum atomic E-state index is 12.5. The molecule has 1 aliphatic heterocycles. The van der Waals surface area contributed by atoms with Gasteiger partial charge in [0.2, 0.25) is 0 Å². The van der Waals surface area contributed by atoms with E-state index in [2.05, 4.69) is 11.1 Å². The molecular weight excluding hydrogens is 316 g/mol. The number of carbonyl (C=O) groups is 1. The number of hydrogen-bond acceptors (Lipinski definition) is 4. The molecule has 0 atom stereocenters. The minimum absolute atomic E-state index is 0.0313. The lowest BCUT2D eigenvalue weighted by Crippen LogP contribution is -2.56. The average molecular weight is 332 g/mol. The molecule has 124 valence electrons. The van der Waals surface area contributed by atoms with Crippen molar-refractivity contribution >= 4 is 11.6 Å². The summed E-state index contributed by atoms with van der Waals surface area (Å²) in [7, 11) is 0. The van der Waals surface area contributed by atoms with Crippen LogP contribution < -0.4 is 4.74 Å². The van der Waals surface area contributed by atoms with Crippen LogP contribution in [0.5, 0.6) is 5.75 Å². The van der Waals surface area contributed by atoms with E-state index < -0.39 is 0 Å². The Balaban J connectivity index is 1.39. The van der Waals surface area contributed by atoms with E-state index in [1.54, 1.807) is 35.4 Å². The number of nitrogens with zero attached hydrogens (tertiary/aromatic N) is 4. The average Bonchev–Trinajstić information content (AvgIpc) is 3.01. The Kier molecular flexibility index (Phi) is 3.62. The second-order valence-corrected chi connectivity index (χ2v) is 6.18. The second kappa shape index (κ2) is 5.95. The summed E-state index contributed by atoms with van der Waals surface area (Å²) >= 11 is 0. The largest absolute Gasteiger partial charge is 0.487 e. The molecule has 3 aromatic rings. The maximum Gasteiger partial charge on any atom is 0.274 e. The van der Waals surface area contributed by atoms with Gasteiger partial charge in [-0.3, -0.25) is 4.79 Å². The molecule has 3 heterocycles. The smallest absolute Gasteiger partial charge is 0.274 e. The van der Waals surface area contributed by atoms with Gasteiger partial charge < -0.3 is 14.0 Å². The molecule has 25 heavy (non-hydrogen) atoms. The van der Waals surface area contributed by atoms with Gasteiger partial charge in [-0.15, -0.1) is 0 Å². The van der Waals surface area contributed by atoms with Crippen LogP contribution in [0.15, 0.2) is 48.8 Å². The fourth-order valence-corrected chi connectivity index (χ4v) is 2.83. The SMILES string of the molecule is Cc1ccn2cc(C(=O)N3CC(Oc4ccc(C#N)cc4)C3)nc2c1. The number of rotatable bonds is 3. The number of ether oxygens (including phenoxy) is 1. The summed E-state index contributed by atoms with van der Waals surface area (Å²) in [5.74, 6) is 0.625. The molecular formula is C19H16N4O2. The van der Waals surface area contributed by atoms with E-state index in [4.69, 9.17) is 10.00 Å². The summed E-state index contributed by atoms with van der Waals surface area (Å²) in [4.78, 5) is 18.7. The summed E-state index contributed by atoms with van der Waals surface area (Å²) in [6.07, 6.45) is 3.63. The molecule has 0 radical (unpaired) electrons. The van der Waals surface area contributed by atoms with Gasteiger partial charge in [-0.1, -0.05) is 0 Å². The Morgan fingerprint density at radius 2 is 2.04 bits per heavy atom. The van der Waals surface area contributed by atoms with Crippen molar-refractivity contribution in [2.45, 2.75) is 13.0 Å². The normalized spacial score (nSPS) is 14.2. The highest BCUT2D eigenvalue weighted by Crippen LogP contribution is 2.20. The lowest BCUT2D eigenvalue weighted by atomic mass is 10.1. The maximum absolute atomic E-state index is 12.5. The molecule has 0 spiro atoms. The van der Waals surface area contributed by atoms with E-state index in [9.17, 15) is 4.79 Å². The topological polar surface area (TPSA) is 70.6 Å². The molecule has 1 aromatic carbocycles. The Morgan fingerprint density at radius 1 is 1.28 bits per heavy atom. The van der Waals surface area contributed by atoms with E-state index in [1.165, 1.54) is 0 Å². The van der Waals surface area contributed by atoms with Crippen molar-refractivity contribution in [1.29, 1.82) is 5.26 Å². The number of imidazole rings is 1. The van der Waals surface area contributed by atoms with Gasteiger partial charge in [0.05, 0.1) is 24.7 Å². The third-order valence-corrected chi connectivity index (χ3v) is 4.26. The first-order valence-electron chi connectivity index (χ1n) is 8.04. The number of aryl methyl sites for hydroxylation is 1. The summed E-state index contributed by atoms with van der Waals surface area (Å²) < 4.78 is 7.66. The van der Waals surface area contributed by atoms with Gasteiger partial charge in [0.25, 0.3) is 5.91 Å². The van der Waals surface area contributed by atoms with Crippen LogP contribution in [-0.2, 0) is 0 Å². The zero-order chi connectivity index (χ0) is 17.4. The summed E-state index contributed by atoms with van der Waals surface area (Å²) in [5, 5.41) is 8.80. The minimum atomic E-state index is -0.0824. The molecule has 0 unspecified atom stereocenters. The third kappa shape index (κ3) is 2.92. The van der Waals surface area contributed by atoms with Crippen LogP contribution in [-0.4, -0.2) is 39.4 Å². The van der Waals surface area contributed by atoms with Crippen molar-refractivity contribution in [3.63, 3.8) is 0 Å². The summed E-state index contributed by atoms with van der Waals surface area (Å²) in [5.41, 5.74) is 2.92. The van der Waals surface area contributed by atoms with E-state index >= 15 is 0 Å². The van der Waals surface area contributed by atoms with Crippen molar-refractivity contribution in [1.82, 2.24) is 14.3 Å². The Labute approximate surface area is 144 Å². The quantitative estimate of drug-likeness (QED) is 0.738. The highest BCUT2D eigenvalue weighted by Gasteiger charge is 2.33.